The Hall–Kier alpha value is -1.90. The van der Waals surface area contributed by atoms with E-state index >= 15 is 0 Å². The molecule has 0 bridgehead atoms. The lowest BCUT2D eigenvalue weighted by Crippen LogP contribution is -2.18. The van der Waals surface area contributed by atoms with E-state index in [0.29, 0.717) is 0 Å². The molecule has 0 saturated heterocycles. The number of rotatable bonds is 3. The lowest BCUT2D eigenvalue weighted by Gasteiger charge is -2.20. The minimum absolute atomic E-state index is 0.0247. The molecule has 0 aliphatic rings. The first-order valence-electron chi connectivity index (χ1n) is 6.96. The minimum atomic E-state index is 0.0247. The van der Waals surface area contributed by atoms with Crippen LogP contribution in [-0.2, 0) is 0 Å². The van der Waals surface area contributed by atoms with Gasteiger partial charge in [0.25, 0.3) is 0 Å². The molecule has 2 nitrogen and oxygen atoms in total. The Balaban J connectivity index is 2.18. The second-order valence-corrected chi connectivity index (χ2v) is 5.60. The summed E-state index contributed by atoms with van der Waals surface area (Å²) < 4.78 is 0. The van der Waals surface area contributed by atoms with Crippen molar-refractivity contribution >= 4 is 22.4 Å². The zero-order chi connectivity index (χ0) is 14.8. The predicted octanol–water partition coefficient (Wildman–Crippen LogP) is 4.51. The number of hydrogen-bond acceptors (Lipinski definition) is 2. The van der Waals surface area contributed by atoms with Gasteiger partial charge in [-0.05, 0) is 42.1 Å². The molecular weight excluding hydrogens is 280 g/mol. The Morgan fingerprint density at radius 1 is 1.05 bits per heavy atom. The first kappa shape index (κ1) is 14.1. The van der Waals surface area contributed by atoms with E-state index in [9.17, 15) is 0 Å². The Bertz CT molecular complexity index is 778. The van der Waals surface area contributed by atoms with Gasteiger partial charge in [-0.2, -0.15) is 0 Å². The van der Waals surface area contributed by atoms with Crippen molar-refractivity contribution in [3.63, 3.8) is 0 Å². The van der Waals surface area contributed by atoms with E-state index in [-0.39, 0.29) is 6.04 Å². The monoisotopic (exact) mass is 296 g/mol. The summed E-state index contributed by atoms with van der Waals surface area (Å²) >= 11 is 6.44. The van der Waals surface area contributed by atoms with E-state index < -0.39 is 0 Å². The molecule has 106 valence electrons. The number of fused-ring (bicyclic) bond motifs is 1. The van der Waals surface area contributed by atoms with Crippen molar-refractivity contribution in [2.45, 2.75) is 13.0 Å². The molecule has 21 heavy (non-hydrogen) atoms. The van der Waals surface area contributed by atoms with Crippen LogP contribution >= 0.6 is 11.6 Å². The molecule has 1 atom stereocenters. The van der Waals surface area contributed by atoms with Gasteiger partial charge in [-0.1, -0.05) is 48.0 Å². The number of pyridine rings is 1. The van der Waals surface area contributed by atoms with Crippen molar-refractivity contribution in [2.24, 2.45) is 0 Å². The van der Waals surface area contributed by atoms with Gasteiger partial charge < -0.3 is 5.32 Å². The molecule has 1 heterocycles. The smallest absolute Gasteiger partial charge is 0.0610 e. The van der Waals surface area contributed by atoms with Crippen molar-refractivity contribution < 1.29 is 0 Å². The van der Waals surface area contributed by atoms with Crippen molar-refractivity contribution in [1.82, 2.24) is 10.3 Å². The van der Waals surface area contributed by atoms with Crippen LogP contribution in [0.15, 0.2) is 54.9 Å². The number of aromatic nitrogens is 1. The first-order chi connectivity index (χ1) is 10.2. The van der Waals surface area contributed by atoms with E-state index in [1.54, 1.807) is 0 Å². The van der Waals surface area contributed by atoms with Crippen molar-refractivity contribution in [3.8, 4) is 0 Å². The summed E-state index contributed by atoms with van der Waals surface area (Å²) in [6.45, 7) is 2.05. The second-order valence-electron chi connectivity index (χ2n) is 5.20. The SMILES string of the molecule is CNC(c1ccc(C)cc1Cl)c1cncc2ccccc12. The van der Waals surface area contributed by atoms with Crippen LogP contribution in [0.1, 0.15) is 22.7 Å². The van der Waals surface area contributed by atoms with Gasteiger partial charge in [0.1, 0.15) is 0 Å². The summed E-state index contributed by atoms with van der Waals surface area (Å²) in [5.74, 6) is 0. The molecule has 2 aromatic carbocycles. The number of aryl methyl sites for hydroxylation is 1. The molecule has 0 amide bonds. The van der Waals surface area contributed by atoms with E-state index in [0.717, 1.165) is 27.1 Å². The second kappa shape index (κ2) is 5.84. The molecule has 3 heteroatoms. The summed E-state index contributed by atoms with van der Waals surface area (Å²) in [6, 6.07) is 14.5. The fourth-order valence-corrected chi connectivity index (χ4v) is 3.06. The quantitative estimate of drug-likeness (QED) is 0.769. The molecule has 1 aromatic heterocycles. The molecule has 0 aliphatic carbocycles. The molecule has 0 aliphatic heterocycles. The third-order valence-corrected chi connectivity index (χ3v) is 4.09. The van der Waals surface area contributed by atoms with Crippen LogP contribution in [0.2, 0.25) is 5.02 Å². The summed E-state index contributed by atoms with van der Waals surface area (Å²) in [5.41, 5.74) is 3.37. The van der Waals surface area contributed by atoms with Gasteiger partial charge in [-0.3, -0.25) is 4.98 Å². The molecule has 0 saturated carbocycles. The lowest BCUT2D eigenvalue weighted by molar-refractivity contribution is 0.694. The topological polar surface area (TPSA) is 24.9 Å². The third kappa shape index (κ3) is 2.65. The number of nitrogens with one attached hydrogen (secondary N) is 1. The number of hydrogen-bond donors (Lipinski definition) is 1. The summed E-state index contributed by atoms with van der Waals surface area (Å²) in [6.07, 6.45) is 3.81. The van der Waals surface area contributed by atoms with Gasteiger partial charge in [0.2, 0.25) is 0 Å². The van der Waals surface area contributed by atoms with E-state index in [1.807, 2.05) is 38.5 Å². The Labute approximate surface area is 129 Å². The standard InChI is InChI=1S/C18H17ClN2/c1-12-7-8-15(17(19)9-12)18(20-2)16-11-21-10-13-5-3-4-6-14(13)16/h3-11,18,20H,1-2H3. The zero-order valence-electron chi connectivity index (χ0n) is 12.1. The fraction of sp³-hybridized carbons (Fsp3) is 0.167. The molecule has 0 fully saturated rings. The summed E-state index contributed by atoms with van der Waals surface area (Å²) in [7, 11) is 1.95. The summed E-state index contributed by atoms with van der Waals surface area (Å²) in [4.78, 5) is 4.37. The Morgan fingerprint density at radius 2 is 1.86 bits per heavy atom. The summed E-state index contributed by atoms with van der Waals surface area (Å²) in [5, 5.41) is 6.48. The number of benzene rings is 2. The predicted molar refractivity (Wildman–Crippen MR) is 88.8 cm³/mol. The highest BCUT2D eigenvalue weighted by Gasteiger charge is 2.17. The van der Waals surface area contributed by atoms with Gasteiger partial charge in [0, 0.05) is 22.8 Å². The third-order valence-electron chi connectivity index (χ3n) is 3.77. The molecule has 3 rings (SSSR count). The molecule has 0 spiro atoms. The van der Waals surface area contributed by atoms with Crippen LogP contribution in [0.4, 0.5) is 0 Å². The van der Waals surface area contributed by atoms with E-state index in [4.69, 9.17) is 11.6 Å². The van der Waals surface area contributed by atoms with Gasteiger partial charge in [0.15, 0.2) is 0 Å². The fourth-order valence-electron chi connectivity index (χ4n) is 2.71. The maximum atomic E-state index is 6.44. The first-order valence-corrected chi connectivity index (χ1v) is 7.34. The lowest BCUT2D eigenvalue weighted by atomic mass is 9.95. The molecular formula is C18H17ClN2. The highest BCUT2D eigenvalue weighted by atomic mass is 35.5. The number of nitrogens with zero attached hydrogens (tertiary/aromatic N) is 1. The largest absolute Gasteiger partial charge is 0.309 e. The van der Waals surface area contributed by atoms with Gasteiger partial charge >= 0.3 is 0 Å². The van der Waals surface area contributed by atoms with Crippen molar-refractivity contribution in [1.29, 1.82) is 0 Å². The molecule has 3 aromatic rings. The maximum absolute atomic E-state index is 6.44. The van der Waals surface area contributed by atoms with Crippen LogP contribution < -0.4 is 5.32 Å². The van der Waals surface area contributed by atoms with Crippen LogP contribution in [0.5, 0.6) is 0 Å². The van der Waals surface area contributed by atoms with Gasteiger partial charge in [0.05, 0.1) is 6.04 Å². The molecule has 1 N–H and O–H groups in total. The zero-order valence-corrected chi connectivity index (χ0v) is 12.9. The average molecular weight is 297 g/mol. The van der Waals surface area contributed by atoms with Gasteiger partial charge in [-0.25, -0.2) is 0 Å². The Morgan fingerprint density at radius 3 is 2.62 bits per heavy atom. The highest BCUT2D eigenvalue weighted by Crippen LogP contribution is 2.32. The molecule has 1 unspecified atom stereocenters. The van der Waals surface area contributed by atoms with Crippen molar-refractivity contribution in [2.75, 3.05) is 7.05 Å². The van der Waals surface area contributed by atoms with Crippen molar-refractivity contribution in [3.05, 3.63) is 76.6 Å². The van der Waals surface area contributed by atoms with Gasteiger partial charge in [-0.15, -0.1) is 0 Å². The number of halogens is 1. The van der Waals surface area contributed by atoms with Crippen LogP contribution in [0.3, 0.4) is 0 Å². The van der Waals surface area contributed by atoms with E-state index in [2.05, 4.69) is 40.6 Å². The minimum Gasteiger partial charge on any atom is -0.309 e. The maximum Gasteiger partial charge on any atom is 0.0610 e. The van der Waals surface area contributed by atoms with E-state index in [1.165, 1.54) is 5.39 Å². The van der Waals surface area contributed by atoms with Crippen LogP contribution in [0, 0.1) is 6.92 Å². The Kier molecular flexibility index (Phi) is 3.91. The average Bonchev–Trinajstić information content (AvgIpc) is 2.50. The van der Waals surface area contributed by atoms with Crippen LogP contribution in [0.25, 0.3) is 10.8 Å². The molecule has 0 radical (unpaired) electrons. The normalized spacial score (nSPS) is 12.5. The highest BCUT2D eigenvalue weighted by molar-refractivity contribution is 6.31. The van der Waals surface area contributed by atoms with Crippen LogP contribution in [-0.4, -0.2) is 12.0 Å².